The highest BCUT2D eigenvalue weighted by Gasteiger charge is 2.31. The van der Waals surface area contributed by atoms with Crippen LogP contribution in [0.4, 0.5) is 0 Å². The molecule has 0 amide bonds. The van der Waals surface area contributed by atoms with Crippen LogP contribution in [0.2, 0.25) is 0 Å². The third kappa shape index (κ3) is 1.82. The third-order valence-electron chi connectivity index (χ3n) is 3.63. The normalized spacial score (nSPS) is 18.3. The molecule has 2 rings (SSSR count). The molecule has 0 atom stereocenters. The first-order valence-corrected chi connectivity index (χ1v) is 6.02. The van der Waals surface area contributed by atoms with Crippen molar-refractivity contribution < 1.29 is 0 Å². The van der Waals surface area contributed by atoms with Gasteiger partial charge in [-0.25, -0.2) is 0 Å². The minimum Gasteiger partial charge on any atom is -0.0593 e. The van der Waals surface area contributed by atoms with Gasteiger partial charge in [-0.05, 0) is 53.4 Å². The zero-order chi connectivity index (χ0) is 11.2. The molecule has 0 saturated carbocycles. The lowest BCUT2D eigenvalue weighted by Crippen LogP contribution is -2.10. The van der Waals surface area contributed by atoms with Gasteiger partial charge in [0.25, 0.3) is 0 Å². The smallest absolute Gasteiger partial charge is 0.0216 e. The Morgan fingerprint density at radius 3 is 2.27 bits per heavy atom. The van der Waals surface area contributed by atoms with Crippen molar-refractivity contribution in [2.45, 2.75) is 53.4 Å². The summed E-state index contributed by atoms with van der Waals surface area (Å²) in [6.45, 7) is 11.6. The second-order valence-corrected chi connectivity index (χ2v) is 6.10. The van der Waals surface area contributed by atoms with E-state index >= 15 is 0 Å². The first-order valence-electron chi connectivity index (χ1n) is 6.02. The van der Waals surface area contributed by atoms with Crippen LogP contribution in [0.3, 0.4) is 0 Å². The maximum atomic E-state index is 2.39. The Balaban J connectivity index is 2.55. The molecule has 0 heteroatoms. The minimum absolute atomic E-state index is 0.470. The molecule has 0 N–H and O–H groups in total. The fourth-order valence-electron chi connectivity index (χ4n) is 2.84. The van der Waals surface area contributed by atoms with E-state index in [1.165, 1.54) is 18.4 Å². The van der Waals surface area contributed by atoms with Gasteiger partial charge >= 0.3 is 0 Å². The van der Waals surface area contributed by atoms with E-state index in [1.807, 2.05) is 0 Å². The van der Waals surface area contributed by atoms with E-state index in [-0.39, 0.29) is 0 Å². The summed E-state index contributed by atoms with van der Waals surface area (Å²) in [7, 11) is 0. The molecule has 15 heavy (non-hydrogen) atoms. The van der Waals surface area contributed by atoms with Gasteiger partial charge in [0.05, 0.1) is 0 Å². The molecule has 0 nitrogen and oxygen atoms in total. The lowest BCUT2D eigenvalue weighted by molar-refractivity contribution is 0.391. The topological polar surface area (TPSA) is 0 Å². The van der Waals surface area contributed by atoms with Gasteiger partial charge in [-0.3, -0.25) is 0 Å². The molecule has 0 heterocycles. The van der Waals surface area contributed by atoms with Crippen LogP contribution in [0, 0.1) is 12.3 Å². The van der Waals surface area contributed by atoms with Crippen molar-refractivity contribution in [3.63, 3.8) is 0 Å². The van der Waals surface area contributed by atoms with Gasteiger partial charge in [-0.2, -0.15) is 0 Å². The van der Waals surface area contributed by atoms with Crippen LogP contribution in [0.25, 0.3) is 0 Å². The van der Waals surface area contributed by atoms with Crippen LogP contribution >= 0.6 is 0 Å². The van der Waals surface area contributed by atoms with Gasteiger partial charge in [0, 0.05) is 0 Å². The highest BCUT2D eigenvalue weighted by molar-refractivity contribution is 5.46. The van der Waals surface area contributed by atoms with E-state index in [4.69, 9.17) is 0 Å². The molecule has 0 fully saturated rings. The number of hydrogen-bond acceptors (Lipinski definition) is 0. The second kappa shape index (κ2) is 3.37. The van der Waals surface area contributed by atoms with Crippen molar-refractivity contribution in [3.05, 3.63) is 34.4 Å². The van der Waals surface area contributed by atoms with Gasteiger partial charge < -0.3 is 0 Å². The van der Waals surface area contributed by atoms with E-state index in [0.717, 1.165) is 0 Å². The molecule has 0 unspecified atom stereocenters. The van der Waals surface area contributed by atoms with E-state index in [2.05, 4.69) is 46.8 Å². The largest absolute Gasteiger partial charge is 0.0593 e. The first-order chi connectivity index (χ1) is 6.91. The lowest BCUT2D eigenvalue weighted by Gasteiger charge is -2.16. The molecule has 1 aliphatic carbocycles. The van der Waals surface area contributed by atoms with Crippen LogP contribution in [-0.4, -0.2) is 0 Å². The summed E-state index contributed by atoms with van der Waals surface area (Å²) < 4.78 is 0. The van der Waals surface area contributed by atoms with Gasteiger partial charge in [0.1, 0.15) is 0 Å². The van der Waals surface area contributed by atoms with Crippen molar-refractivity contribution in [1.29, 1.82) is 0 Å². The summed E-state index contributed by atoms with van der Waals surface area (Å²) in [5.41, 5.74) is 6.81. The van der Waals surface area contributed by atoms with Gasteiger partial charge in [0.2, 0.25) is 0 Å². The zero-order valence-electron chi connectivity index (χ0n) is 10.6. The predicted octanol–water partition coefficient (Wildman–Crippen LogP) is 4.24. The monoisotopic (exact) mass is 202 g/mol. The Kier molecular flexibility index (Phi) is 2.41. The summed E-state index contributed by atoms with van der Waals surface area (Å²) in [5.74, 6) is 0.660. The first kappa shape index (κ1) is 10.7. The van der Waals surface area contributed by atoms with Crippen LogP contribution in [0.1, 0.15) is 55.9 Å². The quantitative estimate of drug-likeness (QED) is 0.639. The Hall–Kier alpha value is -0.780. The molecule has 1 aromatic rings. The molecule has 0 saturated heterocycles. The fraction of sp³-hybridized carbons (Fsp3) is 0.600. The molecule has 0 radical (unpaired) electrons. The Morgan fingerprint density at radius 1 is 1.07 bits per heavy atom. The number of hydrogen-bond donors (Lipinski definition) is 0. The van der Waals surface area contributed by atoms with Crippen LogP contribution in [-0.2, 0) is 12.8 Å². The molecule has 1 aromatic carbocycles. The van der Waals surface area contributed by atoms with Crippen LogP contribution < -0.4 is 0 Å². The van der Waals surface area contributed by atoms with Crippen molar-refractivity contribution in [2.75, 3.05) is 0 Å². The highest BCUT2D eigenvalue weighted by atomic mass is 14.4. The lowest BCUT2D eigenvalue weighted by atomic mass is 9.89. The fourth-order valence-corrected chi connectivity index (χ4v) is 2.84. The number of benzene rings is 1. The van der Waals surface area contributed by atoms with Gasteiger partial charge in [-0.15, -0.1) is 0 Å². The predicted molar refractivity (Wildman–Crippen MR) is 66.5 cm³/mol. The van der Waals surface area contributed by atoms with Crippen molar-refractivity contribution >= 4 is 0 Å². The molecule has 0 aromatic heterocycles. The maximum absolute atomic E-state index is 2.39. The number of fused-ring (bicyclic) bond motifs is 1. The molecule has 0 bridgehead atoms. The average molecular weight is 202 g/mol. The molecule has 0 aliphatic heterocycles. The van der Waals surface area contributed by atoms with E-state index in [0.29, 0.717) is 11.3 Å². The van der Waals surface area contributed by atoms with Gasteiger partial charge in [0.15, 0.2) is 0 Å². The van der Waals surface area contributed by atoms with E-state index in [1.54, 1.807) is 16.7 Å². The van der Waals surface area contributed by atoms with E-state index < -0.39 is 0 Å². The Morgan fingerprint density at radius 2 is 1.67 bits per heavy atom. The Labute approximate surface area is 93.7 Å². The average Bonchev–Trinajstić information content (AvgIpc) is 2.41. The summed E-state index contributed by atoms with van der Waals surface area (Å²) in [6, 6.07) is 4.63. The number of aryl methyl sites for hydroxylation is 1. The third-order valence-corrected chi connectivity index (χ3v) is 3.63. The molecular formula is C15H22. The summed E-state index contributed by atoms with van der Waals surface area (Å²) in [5, 5.41) is 0. The van der Waals surface area contributed by atoms with Gasteiger partial charge in [-0.1, -0.05) is 39.8 Å². The standard InChI is InChI=1S/C15H22/c1-10(2)12-7-6-11(3)13-8-15(4,5)9-14(12)13/h6-7,10H,8-9H2,1-5H3. The van der Waals surface area contributed by atoms with Crippen molar-refractivity contribution in [3.8, 4) is 0 Å². The molecule has 0 spiro atoms. The minimum atomic E-state index is 0.470. The SMILES string of the molecule is Cc1ccc(C(C)C)c2c1CC(C)(C)C2. The Bertz CT molecular complexity index is 383. The molecular weight excluding hydrogens is 180 g/mol. The van der Waals surface area contributed by atoms with Crippen LogP contribution in [0.5, 0.6) is 0 Å². The van der Waals surface area contributed by atoms with E-state index in [9.17, 15) is 0 Å². The highest BCUT2D eigenvalue weighted by Crippen LogP contribution is 2.41. The van der Waals surface area contributed by atoms with Crippen molar-refractivity contribution in [2.24, 2.45) is 5.41 Å². The zero-order valence-corrected chi connectivity index (χ0v) is 10.6. The summed E-state index contributed by atoms with van der Waals surface area (Å²) in [6.07, 6.45) is 2.52. The number of rotatable bonds is 1. The van der Waals surface area contributed by atoms with Crippen molar-refractivity contribution in [1.82, 2.24) is 0 Å². The summed E-state index contributed by atoms with van der Waals surface area (Å²) >= 11 is 0. The van der Waals surface area contributed by atoms with Crippen LogP contribution in [0.15, 0.2) is 12.1 Å². The maximum Gasteiger partial charge on any atom is -0.0216 e. The molecule has 82 valence electrons. The second-order valence-electron chi connectivity index (χ2n) is 6.10. The summed E-state index contributed by atoms with van der Waals surface area (Å²) in [4.78, 5) is 0. The molecule has 1 aliphatic rings.